The number of nitrogens with one attached hydrogen (secondary N) is 4. The van der Waals surface area contributed by atoms with E-state index in [1.807, 2.05) is 13.8 Å². The van der Waals surface area contributed by atoms with E-state index in [2.05, 4.69) is 41.0 Å². The quantitative estimate of drug-likeness (QED) is 0.102. The van der Waals surface area contributed by atoms with Crippen LogP contribution in [0, 0.1) is 40.9 Å². The number of urea groups is 1. The van der Waals surface area contributed by atoms with Gasteiger partial charge in [0.25, 0.3) is 5.91 Å². The van der Waals surface area contributed by atoms with Gasteiger partial charge in [-0.25, -0.2) is 13.2 Å². The van der Waals surface area contributed by atoms with Crippen molar-refractivity contribution in [3.8, 4) is 12.3 Å². The number of terminal acetylenes is 1. The molecule has 1 aliphatic heterocycles. The molecule has 5 atom stereocenters. The van der Waals surface area contributed by atoms with Crippen molar-refractivity contribution in [1.29, 1.82) is 0 Å². The van der Waals surface area contributed by atoms with Gasteiger partial charge in [-0.3, -0.25) is 19.2 Å². The molecular weight excluding hydrogens is 707 g/mol. The maximum Gasteiger partial charge on any atom is 0.315 e. The van der Waals surface area contributed by atoms with E-state index >= 15 is 0 Å². The fourth-order valence-electron chi connectivity index (χ4n) is 9.55. The lowest BCUT2D eigenvalue weighted by molar-refractivity contribution is -0.146. The molecule has 4 aliphatic carbocycles. The highest BCUT2D eigenvalue weighted by Crippen LogP contribution is 2.65. The highest BCUT2D eigenvalue weighted by molar-refractivity contribution is 7.92. The predicted molar refractivity (Wildman–Crippen MR) is 208 cm³/mol. The maximum absolute atomic E-state index is 15.0. The van der Waals surface area contributed by atoms with E-state index in [4.69, 9.17) is 6.42 Å². The number of rotatable bonds is 16. The molecule has 0 aromatic carbocycles. The van der Waals surface area contributed by atoms with Crippen LogP contribution in [-0.2, 0) is 29.0 Å². The Morgan fingerprint density at radius 3 is 2.11 bits per heavy atom. The number of piperidine rings is 1. The first-order valence-corrected chi connectivity index (χ1v) is 22.1. The van der Waals surface area contributed by atoms with Gasteiger partial charge in [0.2, 0.25) is 17.6 Å². The Labute approximate surface area is 323 Å². The third-order valence-electron chi connectivity index (χ3n) is 14.0. The Morgan fingerprint density at radius 1 is 0.926 bits per heavy atom. The minimum Gasteiger partial charge on any atom is -0.348 e. The van der Waals surface area contributed by atoms with Crippen LogP contribution in [-0.4, -0.2) is 90.1 Å². The van der Waals surface area contributed by atoms with Gasteiger partial charge in [0.1, 0.15) is 12.1 Å². The number of nitrogens with zero attached hydrogens (tertiary/aromatic N) is 1. The summed E-state index contributed by atoms with van der Waals surface area (Å²) < 4.78 is 26.4. The maximum atomic E-state index is 15.0. The summed E-state index contributed by atoms with van der Waals surface area (Å²) in [4.78, 5) is 71.3. The zero-order valence-corrected chi connectivity index (χ0v) is 34.3. The van der Waals surface area contributed by atoms with Crippen LogP contribution in [0.3, 0.4) is 0 Å². The van der Waals surface area contributed by atoms with E-state index in [0.29, 0.717) is 45.1 Å². The van der Waals surface area contributed by atoms with Crippen LogP contribution in [0.25, 0.3) is 0 Å². The summed E-state index contributed by atoms with van der Waals surface area (Å²) in [5.74, 6) is 0.109. The number of carbonyl (C=O) groups is 5. The van der Waals surface area contributed by atoms with Crippen LogP contribution in [0.4, 0.5) is 4.79 Å². The molecule has 13 heteroatoms. The number of hydrogen-bond donors (Lipinski definition) is 4. The highest BCUT2D eigenvalue weighted by Gasteiger charge is 2.70. The van der Waals surface area contributed by atoms with Gasteiger partial charge >= 0.3 is 6.03 Å². The molecule has 2 unspecified atom stereocenters. The lowest BCUT2D eigenvalue weighted by Crippen LogP contribution is -2.65. The Morgan fingerprint density at radius 2 is 1.54 bits per heavy atom. The summed E-state index contributed by atoms with van der Waals surface area (Å²) >= 11 is 0. The van der Waals surface area contributed by atoms with Crippen LogP contribution in [0.5, 0.6) is 0 Å². The molecule has 1 heterocycles. The molecule has 5 amide bonds. The van der Waals surface area contributed by atoms with Crippen molar-refractivity contribution in [3.63, 3.8) is 0 Å². The first-order chi connectivity index (χ1) is 25.3. The lowest BCUT2D eigenvalue weighted by Gasteiger charge is -2.44. The zero-order chi connectivity index (χ0) is 39.7. The molecule has 0 aromatic heterocycles. The number of carbonyl (C=O) groups excluding carboxylic acids is 5. The molecule has 0 aromatic rings. The summed E-state index contributed by atoms with van der Waals surface area (Å²) in [6, 6.07) is -3.42. The smallest absolute Gasteiger partial charge is 0.315 e. The van der Waals surface area contributed by atoms with Crippen molar-refractivity contribution in [1.82, 2.24) is 26.2 Å². The number of Topliss-reactive ketones (excluding diaryl/α,β-unsaturated/α-hetero) is 1. The normalized spacial score (nSPS) is 26.6. The van der Waals surface area contributed by atoms with Gasteiger partial charge in [-0.1, -0.05) is 79.1 Å². The molecule has 5 fully saturated rings. The second-order valence-electron chi connectivity index (χ2n) is 18.7. The molecule has 4 saturated carbocycles. The lowest BCUT2D eigenvalue weighted by atomic mass is 9.70. The number of sulfone groups is 1. The molecule has 0 bridgehead atoms. The van der Waals surface area contributed by atoms with Crippen molar-refractivity contribution < 1.29 is 32.4 Å². The van der Waals surface area contributed by atoms with Gasteiger partial charge in [-0.2, -0.15) is 0 Å². The van der Waals surface area contributed by atoms with Gasteiger partial charge in [0, 0.05) is 19.5 Å². The van der Waals surface area contributed by atoms with Crippen LogP contribution >= 0.6 is 0 Å². The second kappa shape index (κ2) is 16.1. The third-order valence-corrected chi connectivity index (χ3v) is 16.9. The van der Waals surface area contributed by atoms with E-state index in [0.717, 1.165) is 51.4 Å². The second-order valence-corrected chi connectivity index (χ2v) is 21.3. The van der Waals surface area contributed by atoms with Gasteiger partial charge in [0.15, 0.2) is 9.84 Å². The number of amides is 5. The van der Waals surface area contributed by atoms with Crippen molar-refractivity contribution >= 4 is 39.4 Å². The molecule has 1 saturated heterocycles. The summed E-state index contributed by atoms with van der Waals surface area (Å²) in [6.07, 6.45) is 16.1. The average Bonchev–Trinajstić information content (AvgIpc) is 3.97. The van der Waals surface area contributed by atoms with Crippen molar-refractivity contribution in [3.05, 3.63) is 0 Å². The fraction of sp³-hybridized carbons (Fsp3) is 0.829. The Bertz CT molecular complexity index is 1600. The van der Waals surface area contributed by atoms with Gasteiger partial charge in [0.05, 0.1) is 22.1 Å². The molecule has 54 heavy (non-hydrogen) atoms. The minimum absolute atomic E-state index is 0.0631. The summed E-state index contributed by atoms with van der Waals surface area (Å²) in [5.41, 5.74) is -1.75. The molecule has 5 aliphatic rings. The molecule has 12 nitrogen and oxygen atoms in total. The monoisotopic (exact) mass is 771 g/mol. The van der Waals surface area contributed by atoms with Crippen molar-refractivity contribution in [2.24, 2.45) is 28.6 Å². The fourth-order valence-corrected chi connectivity index (χ4v) is 11.5. The van der Waals surface area contributed by atoms with Crippen LogP contribution < -0.4 is 21.3 Å². The standard InChI is InChI=1S/C41H65N5O7S/c1-8-10-23-42-35(49)32(47)29(24-27-17-18-27)43-34(48)31-30-28(39(30,5)6)25-46(31)36(50)33(40(7)19-13-11-14-20-40)44-37(51)45-41(21-15-12-16-22-41)26-54(52,53)38(3,4)9-2/h1,27-31,33H,9-26H2,2-7H3,(H,42,49)(H,43,48)(H2,44,45,51)/t28-,29?,30?,31-,33+/m0/s1. The van der Waals surface area contributed by atoms with Crippen molar-refractivity contribution in [2.75, 3.05) is 18.8 Å². The van der Waals surface area contributed by atoms with E-state index in [1.165, 1.54) is 0 Å². The Hall–Kier alpha value is -3.14. The van der Waals surface area contributed by atoms with Gasteiger partial charge < -0.3 is 26.2 Å². The molecule has 302 valence electrons. The van der Waals surface area contributed by atoms with E-state index in [9.17, 15) is 32.4 Å². The van der Waals surface area contributed by atoms with Crippen LogP contribution in [0.15, 0.2) is 0 Å². The summed E-state index contributed by atoms with van der Waals surface area (Å²) in [7, 11) is -3.58. The number of ketones is 1. The molecule has 4 N–H and O–H groups in total. The predicted octanol–water partition coefficient (Wildman–Crippen LogP) is 4.41. The number of hydrogen-bond acceptors (Lipinski definition) is 7. The Kier molecular flexibility index (Phi) is 12.6. The number of likely N-dealkylation sites (tertiary alicyclic amines) is 1. The first-order valence-electron chi connectivity index (χ1n) is 20.5. The largest absolute Gasteiger partial charge is 0.348 e. The molecular formula is C41H65N5O7S. The average molecular weight is 772 g/mol. The topological polar surface area (TPSA) is 171 Å². The molecule has 0 spiro atoms. The Balaban J connectivity index is 1.39. The zero-order valence-electron chi connectivity index (χ0n) is 33.5. The third kappa shape index (κ3) is 8.94. The van der Waals surface area contributed by atoms with E-state index in [1.54, 1.807) is 18.7 Å². The van der Waals surface area contributed by atoms with E-state index in [-0.39, 0.29) is 47.8 Å². The van der Waals surface area contributed by atoms with Crippen LogP contribution in [0.2, 0.25) is 0 Å². The van der Waals surface area contributed by atoms with Crippen LogP contribution in [0.1, 0.15) is 138 Å². The van der Waals surface area contributed by atoms with Crippen molar-refractivity contribution in [2.45, 2.75) is 166 Å². The van der Waals surface area contributed by atoms with E-state index < -0.39 is 67.3 Å². The first kappa shape index (κ1) is 42.0. The van der Waals surface area contributed by atoms with Gasteiger partial charge in [-0.05, 0) is 81.0 Å². The minimum atomic E-state index is -3.58. The summed E-state index contributed by atoms with van der Waals surface area (Å²) in [5, 5.41) is 11.6. The SMILES string of the molecule is C#CCCNC(=O)C(=O)C(CC1CC1)NC(=O)[C@@H]1C2[C@H](CN1C(=O)[C@@H](NC(=O)NC1(CS(=O)(=O)C(C)(C)CC)CCCCC1)C1(C)CCCCC1)C2(C)C. The summed E-state index contributed by atoms with van der Waals surface area (Å²) in [6.45, 7) is 12.0. The molecule has 0 radical (unpaired) electrons. The highest BCUT2D eigenvalue weighted by atomic mass is 32.2. The number of fused-ring (bicyclic) bond motifs is 1. The van der Waals surface area contributed by atoms with Gasteiger partial charge in [-0.15, -0.1) is 12.3 Å². The molecule has 5 rings (SSSR count).